The van der Waals surface area contributed by atoms with Crippen LogP contribution in [0.4, 0.5) is 13.2 Å². The van der Waals surface area contributed by atoms with Gasteiger partial charge < -0.3 is 5.32 Å². The van der Waals surface area contributed by atoms with E-state index in [2.05, 4.69) is 23.5 Å². The van der Waals surface area contributed by atoms with Crippen LogP contribution in [0, 0.1) is 0 Å². The SMILES string of the molecule is FC(F)(F)c1ccc(-c2ccc3c(c2)CNCC32CCCC2)cc1. The van der Waals surface area contributed by atoms with Crippen LogP contribution in [-0.4, -0.2) is 6.54 Å². The van der Waals surface area contributed by atoms with E-state index in [1.807, 2.05) is 0 Å². The second kappa shape index (κ2) is 5.62. The van der Waals surface area contributed by atoms with Crippen molar-refractivity contribution in [3.8, 4) is 11.1 Å². The van der Waals surface area contributed by atoms with Crippen molar-refractivity contribution in [2.45, 2.75) is 43.8 Å². The van der Waals surface area contributed by atoms with Gasteiger partial charge in [0.1, 0.15) is 0 Å². The lowest BCUT2D eigenvalue weighted by atomic mass is 9.74. The van der Waals surface area contributed by atoms with Crippen LogP contribution in [0.1, 0.15) is 42.4 Å². The van der Waals surface area contributed by atoms with Crippen molar-refractivity contribution in [2.24, 2.45) is 0 Å². The Bertz CT molecular complexity index is 740. The fourth-order valence-electron chi connectivity index (χ4n) is 4.32. The van der Waals surface area contributed by atoms with Crippen LogP contribution in [0.3, 0.4) is 0 Å². The number of hydrogen-bond acceptors (Lipinski definition) is 1. The minimum atomic E-state index is -4.28. The smallest absolute Gasteiger partial charge is 0.312 e. The minimum absolute atomic E-state index is 0.270. The summed E-state index contributed by atoms with van der Waals surface area (Å²) in [4.78, 5) is 0. The maximum absolute atomic E-state index is 12.7. The molecule has 0 atom stereocenters. The average Bonchev–Trinajstić information content (AvgIpc) is 3.03. The lowest BCUT2D eigenvalue weighted by Gasteiger charge is -2.36. The average molecular weight is 331 g/mol. The first-order valence-electron chi connectivity index (χ1n) is 8.50. The van der Waals surface area contributed by atoms with Gasteiger partial charge in [0, 0.05) is 18.5 Å². The third-order valence-corrected chi connectivity index (χ3v) is 5.56. The van der Waals surface area contributed by atoms with Crippen LogP contribution in [0.25, 0.3) is 11.1 Å². The van der Waals surface area contributed by atoms with Gasteiger partial charge in [-0.3, -0.25) is 0 Å². The molecule has 2 aromatic carbocycles. The predicted octanol–water partition coefficient (Wildman–Crippen LogP) is 5.29. The zero-order chi connectivity index (χ0) is 16.8. The number of benzene rings is 2. The van der Waals surface area contributed by atoms with Crippen LogP contribution >= 0.6 is 0 Å². The van der Waals surface area contributed by atoms with Gasteiger partial charge in [-0.15, -0.1) is 0 Å². The first-order chi connectivity index (χ1) is 11.5. The number of alkyl halides is 3. The van der Waals surface area contributed by atoms with Crippen LogP contribution in [0.5, 0.6) is 0 Å². The summed E-state index contributed by atoms with van der Waals surface area (Å²) in [5.74, 6) is 0. The zero-order valence-corrected chi connectivity index (χ0v) is 13.4. The highest BCUT2D eigenvalue weighted by Gasteiger charge is 2.39. The third kappa shape index (κ3) is 2.63. The summed E-state index contributed by atoms with van der Waals surface area (Å²) in [7, 11) is 0. The van der Waals surface area contributed by atoms with Gasteiger partial charge in [0.25, 0.3) is 0 Å². The molecule has 4 rings (SSSR count). The Morgan fingerprint density at radius 2 is 1.54 bits per heavy atom. The lowest BCUT2D eigenvalue weighted by Crippen LogP contribution is -2.41. The quantitative estimate of drug-likeness (QED) is 0.749. The molecule has 1 N–H and O–H groups in total. The molecule has 4 heteroatoms. The van der Waals surface area contributed by atoms with Gasteiger partial charge in [0.05, 0.1) is 5.56 Å². The minimum Gasteiger partial charge on any atom is -0.312 e. The van der Waals surface area contributed by atoms with E-state index in [9.17, 15) is 13.2 Å². The van der Waals surface area contributed by atoms with Crippen molar-refractivity contribution >= 4 is 0 Å². The molecule has 1 fully saturated rings. The largest absolute Gasteiger partial charge is 0.416 e. The summed E-state index contributed by atoms with van der Waals surface area (Å²) in [5, 5.41) is 3.53. The standard InChI is InChI=1S/C20H20F3N/c21-20(22,23)17-6-3-14(4-7-17)15-5-8-18-16(11-15)12-24-13-19(18)9-1-2-10-19/h3-8,11,24H,1-2,9-10,12-13H2. The van der Waals surface area contributed by atoms with E-state index in [0.717, 1.165) is 36.3 Å². The van der Waals surface area contributed by atoms with Crippen LogP contribution < -0.4 is 5.32 Å². The Hall–Kier alpha value is -1.81. The van der Waals surface area contributed by atoms with Gasteiger partial charge in [-0.25, -0.2) is 0 Å². The Morgan fingerprint density at radius 3 is 2.21 bits per heavy atom. The summed E-state index contributed by atoms with van der Waals surface area (Å²) in [6.07, 6.45) is 0.732. The van der Waals surface area contributed by atoms with E-state index in [-0.39, 0.29) is 5.41 Å². The molecule has 0 bridgehead atoms. The number of halogens is 3. The highest BCUT2D eigenvalue weighted by atomic mass is 19.4. The van der Waals surface area contributed by atoms with Crippen molar-refractivity contribution in [2.75, 3.05) is 6.54 Å². The Balaban J connectivity index is 1.68. The Kier molecular flexibility index (Phi) is 3.68. The molecule has 24 heavy (non-hydrogen) atoms. The lowest BCUT2D eigenvalue weighted by molar-refractivity contribution is -0.137. The topological polar surface area (TPSA) is 12.0 Å². The maximum atomic E-state index is 12.7. The van der Waals surface area contributed by atoms with Crippen molar-refractivity contribution in [3.05, 3.63) is 59.2 Å². The molecule has 0 saturated heterocycles. The molecule has 2 aliphatic rings. The van der Waals surface area contributed by atoms with Gasteiger partial charge in [-0.05, 0) is 53.3 Å². The van der Waals surface area contributed by atoms with Crippen molar-refractivity contribution < 1.29 is 13.2 Å². The summed E-state index contributed by atoms with van der Waals surface area (Å²) >= 11 is 0. The molecular formula is C20H20F3N. The van der Waals surface area contributed by atoms with Gasteiger partial charge >= 0.3 is 6.18 Å². The molecule has 0 amide bonds. The summed E-state index contributed by atoms with van der Waals surface area (Å²) in [6, 6.07) is 11.8. The molecule has 1 aliphatic carbocycles. The molecule has 1 aliphatic heterocycles. The Morgan fingerprint density at radius 1 is 0.875 bits per heavy atom. The highest BCUT2D eigenvalue weighted by molar-refractivity contribution is 5.66. The number of rotatable bonds is 1. The molecule has 1 nitrogen and oxygen atoms in total. The zero-order valence-electron chi connectivity index (χ0n) is 13.4. The van der Waals surface area contributed by atoms with Crippen LogP contribution in [0.2, 0.25) is 0 Å². The molecule has 126 valence electrons. The highest BCUT2D eigenvalue weighted by Crippen LogP contribution is 2.44. The predicted molar refractivity (Wildman–Crippen MR) is 88.7 cm³/mol. The van der Waals surface area contributed by atoms with Gasteiger partial charge in [0.15, 0.2) is 0 Å². The summed E-state index contributed by atoms with van der Waals surface area (Å²) in [5.41, 5.74) is 4.22. The normalized spacial score (nSPS) is 19.5. The van der Waals surface area contributed by atoms with Crippen LogP contribution in [0.15, 0.2) is 42.5 Å². The van der Waals surface area contributed by atoms with E-state index >= 15 is 0 Å². The fraction of sp³-hybridized carbons (Fsp3) is 0.400. The number of hydrogen-bond donors (Lipinski definition) is 1. The second-order valence-corrected chi connectivity index (χ2v) is 7.04. The first-order valence-corrected chi connectivity index (χ1v) is 8.50. The molecular weight excluding hydrogens is 311 g/mol. The van der Waals surface area contributed by atoms with Gasteiger partial charge in [-0.1, -0.05) is 37.1 Å². The van der Waals surface area contributed by atoms with E-state index in [0.29, 0.717) is 0 Å². The summed E-state index contributed by atoms with van der Waals surface area (Å²) < 4.78 is 38.1. The molecule has 1 saturated carbocycles. The summed E-state index contributed by atoms with van der Waals surface area (Å²) in [6.45, 7) is 1.88. The molecule has 1 heterocycles. The van der Waals surface area contributed by atoms with Crippen molar-refractivity contribution in [3.63, 3.8) is 0 Å². The second-order valence-electron chi connectivity index (χ2n) is 7.04. The van der Waals surface area contributed by atoms with E-state index in [1.165, 1.54) is 36.8 Å². The Labute approximate surface area is 139 Å². The molecule has 0 aromatic heterocycles. The molecule has 2 aromatic rings. The van der Waals surface area contributed by atoms with E-state index < -0.39 is 11.7 Å². The molecule has 0 radical (unpaired) electrons. The maximum Gasteiger partial charge on any atom is 0.416 e. The first kappa shape index (κ1) is 15.7. The van der Waals surface area contributed by atoms with E-state index in [1.54, 1.807) is 12.1 Å². The third-order valence-electron chi connectivity index (χ3n) is 5.56. The van der Waals surface area contributed by atoms with E-state index in [4.69, 9.17) is 0 Å². The fourth-order valence-corrected chi connectivity index (χ4v) is 4.32. The number of fused-ring (bicyclic) bond motifs is 2. The van der Waals surface area contributed by atoms with Crippen LogP contribution in [-0.2, 0) is 18.1 Å². The van der Waals surface area contributed by atoms with Crippen molar-refractivity contribution in [1.29, 1.82) is 0 Å². The van der Waals surface area contributed by atoms with Gasteiger partial charge in [0.2, 0.25) is 0 Å². The number of nitrogens with one attached hydrogen (secondary N) is 1. The molecule has 1 spiro atoms. The monoisotopic (exact) mass is 331 g/mol. The molecule has 0 unspecified atom stereocenters. The van der Waals surface area contributed by atoms with Crippen molar-refractivity contribution in [1.82, 2.24) is 5.32 Å². The van der Waals surface area contributed by atoms with Gasteiger partial charge in [-0.2, -0.15) is 13.2 Å².